The minimum Gasteiger partial charge on any atom is -0.382 e. The van der Waals surface area contributed by atoms with Gasteiger partial charge >= 0.3 is 0 Å². The molecule has 2 aromatic rings. The summed E-state index contributed by atoms with van der Waals surface area (Å²) in [6.45, 7) is 2.88. The minimum absolute atomic E-state index is 0.435. The maximum Gasteiger partial charge on any atom is 0.145 e. The molecule has 2 N–H and O–H groups in total. The lowest BCUT2D eigenvalue weighted by Gasteiger charge is -2.32. The van der Waals surface area contributed by atoms with Gasteiger partial charge < -0.3 is 5.73 Å². The van der Waals surface area contributed by atoms with Crippen molar-refractivity contribution in [3.8, 4) is 6.07 Å². The van der Waals surface area contributed by atoms with Crippen LogP contribution in [0.15, 0.2) is 36.5 Å². The summed E-state index contributed by atoms with van der Waals surface area (Å²) >= 11 is 0. The lowest BCUT2D eigenvalue weighted by molar-refractivity contribution is 0.173. The predicted octanol–water partition coefficient (Wildman–Crippen LogP) is 2.17. The monoisotopic (exact) mass is 281 g/mol. The number of nitrogen functional groups attached to an aromatic ring is 1. The summed E-state index contributed by atoms with van der Waals surface area (Å²) in [4.78, 5) is 2.40. The number of hydrogen-bond acceptors (Lipinski definition) is 4. The highest BCUT2D eigenvalue weighted by Crippen LogP contribution is 2.24. The minimum atomic E-state index is 0.435. The molecule has 0 unspecified atom stereocenters. The maximum absolute atomic E-state index is 9.15. The van der Waals surface area contributed by atoms with Gasteiger partial charge in [0.2, 0.25) is 0 Å². The van der Waals surface area contributed by atoms with Crippen molar-refractivity contribution < 1.29 is 0 Å². The fourth-order valence-corrected chi connectivity index (χ4v) is 2.91. The first-order valence-electron chi connectivity index (χ1n) is 7.27. The van der Waals surface area contributed by atoms with Crippen LogP contribution in [0.25, 0.3) is 0 Å². The Balaban J connectivity index is 1.60. The topological polar surface area (TPSA) is 70.9 Å². The van der Waals surface area contributed by atoms with Crippen LogP contribution in [0.2, 0.25) is 0 Å². The highest BCUT2D eigenvalue weighted by Gasteiger charge is 2.21. The van der Waals surface area contributed by atoms with Crippen LogP contribution in [-0.4, -0.2) is 27.8 Å². The molecule has 2 heterocycles. The fourth-order valence-electron chi connectivity index (χ4n) is 2.91. The Morgan fingerprint density at radius 1 is 1.24 bits per heavy atom. The van der Waals surface area contributed by atoms with E-state index in [0.717, 1.165) is 43.6 Å². The molecule has 0 spiro atoms. The van der Waals surface area contributed by atoms with E-state index in [0.29, 0.717) is 11.9 Å². The zero-order valence-electron chi connectivity index (χ0n) is 11.9. The number of aromatic nitrogens is 2. The zero-order chi connectivity index (χ0) is 14.7. The number of nitrogens with two attached hydrogens (primary N) is 1. The zero-order valence-corrected chi connectivity index (χ0v) is 11.9. The van der Waals surface area contributed by atoms with Crippen molar-refractivity contribution in [2.24, 2.45) is 0 Å². The second-order valence-corrected chi connectivity index (χ2v) is 5.50. The van der Waals surface area contributed by atoms with Gasteiger partial charge in [-0.3, -0.25) is 9.58 Å². The van der Waals surface area contributed by atoms with E-state index in [9.17, 15) is 0 Å². The van der Waals surface area contributed by atoms with Crippen molar-refractivity contribution in [1.82, 2.24) is 14.7 Å². The van der Waals surface area contributed by atoms with Gasteiger partial charge in [0.1, 0.15) is 5.82 Å². The Labute approximate surface area is 124 Å². The first-order valence-corrected chi connectivity index (χ1v) is 7.27. The van der Waals surface area contributed by atoms with Crippen LogP contribution in [-0.2, 0) is 6.54 Å². The van der Waals surface area contributed by atoms with Gasteiger partial charge in [0.05, 0.1) is 17.7 Å². The third-order valence-electron chi connectivity index (χ3n) is 4.09. The summed E-state index contributed by atoms with van der Waals surface area (Å²) in [5.74, 6) is 0.584. The summed E-state index contributed by atoms with van der Waals surface area (Å²) in [5.41, 5.74) is 7.56. The summed E-state index contributed by atoms with van der Waals surface area (Å²) in [6, 6.07) is 12.4. The van der Waals surface area contributed by atoms with Crippen LogP contribution >= 0.6 is 0 Å². The van der Waals surface area contributed by atoms with E-state index >= 15 is 0 Å². The van der Waals surface area contributed by atoms with Crippen molar-refractivity contribution in [3.05, 3.63) is 47.7 Å². The molecule has 0 aliphatic carbocycles. The Hall–Kier alpha value is -2.32. The molecular weight excluding hydrogens is 262 g/mol. The van der Waals surface area contributed by atoms with E-state index in [1.165, 1.54) is 0 Å². The fraction of sp³-hybridized carbons (Fsp3) is 0.375. The third kappa shape index (κ3) is 3.06. The Morgan fingerprint density at radius 3 is 2.67 bits per heavy atom. The van der Waals surface area contributed by atoms with Crippen LogP contribution in [0.5, 0.6) is 0 Å². The second-order valence-electron chi connectivity index (χ2n) is 5.50. The van der Waals surface area contributed by atoms with E-state index in [1.807, 2.05) is 41.2 Å². The molecule has 1 aromatic carbocycles. The van der Waals surface area contributed by atoms with Gasteiger partial charge in [-0.2, -0.15) is 10.4 Å². The van der Waals surface area contributed by atoms with Gasteiger partial charge in [-0.25, -0.2) is 0 Å². The highest BCUT2D eigenvalue weighted by atomic mass is 15.3. The smallest absolute Gasteiger partial charge is 0.145 e. The standard InChI is InChI=1S/C16H19N5/c17-11-13-3-1-2-4-14(13)12-20-8-5-15(6-9-20)21-10-7-16(18)19-21/h1-4,7,10,15H,5-6,8-9,12H2,(H2,18,19). The average Bonchev–Trinajstić information content (AvgIpc) is 2.95. The maximum atomic E-state index is 9.15. The number of piperidine rings is 1. The van der Waals surface area contributed by atoms with Crippen LogP contribution < -0.4 is 5.73 Å². The average molecular weight is 281 g/mol. The second kappa shape index (κ2) is 5.98. The molecule has 1 aliphatic heterocycles. The number of anilines is 1. The van der Waals surface area contributed by atoms with Crippen molar-refractivity contribution in [1.29, 1.82) is 5.26 Å². The summed E-state index contributed by atoms with van der Waals surface area (Å²) in [7, 11) is 0. The molecule has 0 bridgehead atoms. The molecule has 0 atom stereocenters. The first-order chi connectivity index (χ1) is 10.3. The Kier molecular flexibility index (Phi) is 3.89. The molecule has 0 radical (unpaired) electrons. The molecule has 3 rings (SSSR count). The van der Waals surface area contributed by atoms with Crippen LogP contribution in [0, 0.1) is 11.3 Å². The van der Waals surface area contributed by atoms with Crippen LogP contribution in [0.4, 0.5) is 5.82 Å². The molecular formula is C16H19N5. The number of likely N-dealkylation sites (tertiary alicyclic amines) is 1. The van der Waals surface area contributed by atoms with Crippen molar-refractivity contribution in [2.75, 3.05) is 18.8 Å². The predicted molar refractivity (Wildman–Crippen MR) is 81.3 cm³/mol. The van der Waals surface area contributed by atoms with Crippen LogP contribution in [0.1, 0.15) is 30.0 Å². The molecule has 1 aromatic heterocycles. The van der Waals surface area contributed by atoms with Gasteiger partial charge in [-0.05, 0) is 30.5 Å². The van der Waals surface area contributed by atoms with E-state index in [-0.39, 0.29) is 0 Å². The van der Waals surface area contributed by atoms with E-state index in [4.69, 9.17) is 11.0 Å². The van der Waals surface area contributed by atoms with Gasteiger partial charge in [0.25, 0.3) is 0 Å². The summed E-state index contributed by atoms with van der Waals surface area (Å²) in [6.07, 6.45) is 4.09. The van der Waals surface area contributed by atoms with Crippen molar-refractivity contribution >= 4 is 5.82 Å². The van der Waals surface area contributed by atoms with Crippen molar-refractivity contribution in [3.63, 3.8) is 0 Å². The number of nitrogens with zero attached hydrogens (tertiary/aromatic N) is 4. The molecule has 1 saturated heterocycles. The van der Waals surface area contributed by atoms with E-state index in [1.54, 1.807) is 0 Å². The summed E-state index contributed by atoms with van der Waals surface area (Å²) < 4.78 is 1.98. The molecule has 0 amide bonds. The molecule has 1 fully saturated rings. The third-order valence-corrected chi connectivity index (χ3v) is 4.09. The lowest BCUT2D eigenvalue weighted by atomic mass is 10.0. The van der Waals surface area contributed by atoms with Crippen molar-refractivity contribution in [2.45, 2.75) is 25.4 Å². The van der Waals surface area contributed by atoms with Gasteiger partial charge in [0, 0.05) is 25.8 Å². The summed E-state index contributed by atoms with van der Waals surface area (Å²) in [5, 5.41) is 13.5. The van der Waals surface area contributed by atoms with Crippen LogP contribution in [0.3, 0.4) is 0 Å². The quantitative estimate of drug-likeness (QED) is 0.936. The van der Waals surface area contributed by atoms with E-state index < -0.39 is 0 Å². The lowest BCUT2D eigenvalue weighted by Crippen LogP contribution is -2.34. The molecule has 108 valence electrons. The number of hydrogen-bond donors (Lipinski definition) is 1. The van der Waals surface area contributed by atoms with Gasteiger partial charge in [-0.15, -0.1) is 0 Å². The molecule has 5 heteroatoms. The number of rotatable bonds is 3. The van der Waals surface area contributed by atoms with Gasteiger partial charge in [-0.1, -0.05) is 18.2 Å². The highest BCUT2D eigenvalue weighted by molar-refractivity contribution is 5.37. The van der Waals surface area contributed by atoms with E-state index in [2.05, 4.69) is 16.1 Å². The molecule has 1 aliphatic rings. The SMILES string of the molecule is N#Cc1ccccc1CN1CCC(n2ccc(N)n2)CC1. The molecule has 21 heavy (non-hydrogen) atoms. The largest absolute Gasteiger partial charge is 0.382 e. The number of benzene rings is 1. The number of nitriles is 1. The van der Waals surface area contributed by atoms with Gasteiger partial charge in [0.15, 0.2) is 0 Å². The normalized spacial score (nSPS) is 16.7. The Bertz CT molecular complexity index is 647. The molecule has 0 saturated carbocycles. The Morgan fingerprint density at radius 2 is 2.00 bits per heavy atom. The molecule has 5 nitrogen and oxygen atoms in total. The first kappa shape index (κ1) is 13.7.